The Balaban J connectivity index is 1.54. The van der Waals surface area contributed by atoms with Gasteiger partial charge in [0, 0.05) is 19.1 Å². The zero-order valence-corrected chi connectivity index (χ0v) is 14.4. The fourth-order valence-corrected chi connectivity index (χ4v) is 3.39. The lowest BCUT2D eigenvalue weighted by atomic mass is 9.89. The molecule has 2 aromatic carbocycles. The average molecular weight is 338 g/mol. The smallest absolute Gasteiger partial charge is 0.237 e. The summed E-state index contributed by atoms with van der Waals surface area (Å²) < 4.78 is 5.98. The summed E-state index contributed by atoms with van der Waals surface area (Å²) in [5.41, 5.74) is 8.32. The maximum atomic E-state index is 12.4. The van der Waals surface area contributed by atoms with Gasteiger partial charge in [0.05, 0.1) is 12.1 Å². The van der Waals surface area contributed by atoms with Gasteiger partial charge in [0.15, 0.2) is 0 Å². The van der Waals surface area contributed by atoms with Crippen LogP contribution in [0.1, 0.15) is 30.1 Å². The Labute approximate surface area is 149 Å². The van der Waals surface area contributed by atoms with E-state index >= 15 is 0 Å². The van der Waals surface area contributed by atoms with E-state index in [0.717, 1.165) is 25.0 Å². The molecule has 1 aliphatic rings. The van der Waals surface area contributed by atoms with Crippen LogP contribution in [0.5, 0.6) is 0 Å². The summed E-state index contributed by atoms with van der Waals surface area (Å²) in [6.45, 7) is 1.37. The van der Waals surface area contributed by atoms with E-state index in [9.17, 15) is 4.79 Å². The van der Waals surface area contributed by atoms with Crippen LogP contribution in [0, 0.1) is 5.92 Å². The number of amides is 1. The number of carbonyl (C=O) groups is 1. The van der Waals surface area contributed by atoms with Crippen molar-refractivity contribution in [1.29, 1.82) is 0 Å². The molecule has 3 N–H and O–H groups in total. The highest BCUT2D eigenvalue weighted by molar-refractivity contribution is 5.81. The van der Waals surface area contributed by atoms with Gasteiger partial charge in [0.2, 0.25) is 5.91 Å². The predicted molar refractivity (Wildman–Crippen MR) is 99.0 cm³/mol. The van der Waals surface area contributed by atoms with Crippen LogP contribution in [-0.2, 0) is 16.0 Å². The van der Waals surface area contributed by atoms with Gasteiger partial charge in [-0.3, -0.25) is 4.79 Å². The molecule has 3 atom stereocenters. The molecular weight excluding hydrogens is 312 g/mol. The fraction of sp³-hybridized carbons (Fsp3) is 0.381. The Morgan fingerprint density at radius 3 is 2.52 bits per heavy atom. The normalized spacial score (nSPS) is 21.5. The largest absolute Gasteiger partial charge is 0.373 e. The summed E-state index contributed by atoms with van der Waals surface area (Å²) >= 11 is 0. The minimum atomic E-state index is -0.526. The first-order valence-corrected chi connectivity index (χ1v) is 8.98. The van der Waals surface area contributed by atoms with Crippen LogP contribution in [-0.4, -0.2) is 25.1 Å². The van der Waals surface area contributed by atoms with E-state index in [0.29, 0.717) is 13.0 Å². The molecule has 0 spiro atoms. The molecule has 4 nitrogen and oxygen atoms in total. The first-order valence-electron chi connectivity index (χ1n) is 8.98. The molecule has 2 aromatic rings. The highest BCUT2D eigenvalue weighted by atomic mass is 16.5. The zero-order valence-electron chi connectivity index (χ0n) is 14.4. The molecule has 1 aliphatic heterocycles. The van der Waals surface area contributed by atoms with E-state index in [4.69, 9.17) is 10.5 Å². The van der Waals surface area contributed by atoms with Crippen LogP contribution in [0.25, 0.3) is 0 Å². The van der Waals surface area contributed by atoms with Crippen molar-refractivity contribution in [2.45, 2.75) is 31.4 Å². The van der Waals surface area contributed by atoms with Gasteiger partial charge in [0.1, 0.15) is 0 Å². The van der Waals surface area contributed by atoms with Gasteiger partial charge in [-0.05, 0) is 30.4 Å². The summed E-state index contributed by atoms with van der Waals surface area (Å²) in [7, 11) is 0. The maximum absolute atomic E-state index is 12.4. The summed E-state index contributed by atoms with van der Waals surface area (Å²) in [5.74, 6) is 0.185. The lowest BCUT2D eigenvalue weighted by Gasteiger charge is -2.32. The standard InChI is InChI=1S/C21H26N2O2/c22-19(14-16-8-3-1-4-9-16)21(24)23-15-18-12-7-13-25-20(18)17-10-5-2-6-11-17/h1-6,8-11,18-20H,7,12-15,22H2,(H,23,24)/t18?,19-,20?/m0/s1. The Morgan fingerprint density at radius 1 is 1.12 bits per heavy atom. The van der Waals surface area contributed by atoms with E-state index in [-0.39, 0.29) is 17.9 Å². The monoisotopic (exact) mass is 338 g/mol. The SMILES string of the molecule is N[C@@H](Cc1ccccc1)C(=O)NCC1CCCOC1c1ccccc1. The molecule has 132 valence electrons. The van der Waals surface area contributed by atoms with Gasteiger partial charge in [-0.15, -0.1) is 0 Å². The Hall–Kier alpha value is -2.17. The zero-order chi connectivity index (χ0) is 17.5. The molecule has 1 saturated heterocycles. The molecule has 1 amide bonds. The summed E-state index contributed by atoms with van der Waals surface area (Å²) in [4.78, 5) is 12.4. The Bertz CT molecular complexity index is 660. The molecular formula is C21H26N2O2. The molecule has 2 unspecified atom stereocenters. The number of rotatable bonds is 6. The molecule has 1 fully saturated rings. The van der Waals surface area contributed by atoms with Gasteiger partial charge in [-0.2, -0.15) is 0 Å². The number of benzene rings is 2. The van der Waals surface area contributed by atoms with Gasteiger partial charge >= 0.3 is 0 Å². The van der Waals surface area contributed by atoms with Gasteiger partial charge in [0.25, 0.3) is 0 Å². The van der Waals surface area contributed by atoms with Crippen molar-refractivity contribution in [3.05, 3.63) is 71.8 Å². The van der Waals surface area contributed by atoms with Crippen molar-refractivity contribution < 1.29 is 9.53 Å². The maximum Gasteiger partial charge on any atom is 0.237 e. The third kappa shape index (κ3) is 4.91. The molecule has 0 bridgehead atoms. The van der Waals surface area contributed by atoms with E-state index in [1.165, 1.54) is 5.56 Å². The van der Waals surface area contributed by atoms with Crippen molar-refractivity contribution in [2.75, 3.05) is 13.2 Å². The van der Waals surface area contributed by atoms with E-state index in [1.54, 1.807) is 0 Å². The predicted octanol–water partition coefficient (Wildman–Crippen LogP) is 2.84. The number of ether oxygens (including phenoxy) is 1. The van der Waals surface area contributed by atoms with Crippen LogP contribution < -0.4 is 11.1 Å². The third-order valence-electron chi connectivity index (χ3n) is 4.75. The molecule has 4 heteroatoms. The summed E-state index contributed by atoms with van der Waals surface area (Å²) in [5, 5.41) is 3.03. The second-order valence-corrected chi connectivity index (χ2v) is 6.65. The molecule has 0 radical (unpaired) electrons. The minimum Gasteiger partial charge on any atom is -0.373 e. The topological polar surface area (TPSA) is 64.4 Å². The highest BCUT2D eigenvalue weighted by Gasteiger charge is 2.28. The average Bonchev–Trinajstić information content (AvgIpc) is 2.68. The molecule has 1 heterocycles. The number of nitrogens with one attached hydrogen (secondary N) is 1. The highest BCUT2D eigenvalue weighted by Crippen LogP contribution is 2.33. The van der Waals surface area contributed by atoms with Crippen molar-refractivity contribution in [3.8, 4) is 0 Å². The van der Waals surface area contributed by atoms with Crippen molar-refractivity contribution in [3.63, 3.8) is 0 Å². The summed E-state index contributed by atoms with van der Waals surface area (Å²) in [6, 6.07) is 19.6. The van der Waals surface area contributed by atoms with E-state index < -0.39 is 6.04 Å². The minimum absolute atomic E-state index is 0.0422. The first kappa shape index (κ1) is 17.6. The van der Waals surface area contributed by atoms with Crippen LogP contribution in [0.15, 0.2) is 60.7 Å². The number of hydrogen-bond acceptors (Lipinski definition) is 3. The molecule has 0 aromatic heterocycles. The lowest BCUT2D eigenvalue weighted by molar-refractivity contribution is -0.123. The Kier molecular flexibility index (Phi) is 6.20. The molecule has 0 aliphatic carbocycles. The van der Waals surface area contributed by atoms with Gasteiger partial charge in [-0.1, -0.05) is 60.7 Å². The third-order valence-corrected chi connectivity index (χ3v) is 4.75. The fourth-order valence-electron chi connectivity index (χ4n) is 3.39. The summed E-state index contributed by atoms with van der Waals surface area (Å²) in [6.07, 6.45) is 2.67. The Morgan fingerprint density at radius 2 is 1.80 bits per heavy atom. The molecule has 3 rings (SSSR count). The van der Waals surface area contributed by atoms with Crippen LogP contribution in [0.3, 0.4) is 0 Å². The van der Waals surface area contributed by atoms with Crippen LogP contribution >= 0.6 is 0 Å². The van der Waals surface area contributed by atoms with Crippen molar-refractivity contribution >= 4 is 5.91 Å². The van der Waals surface area contributed by atoms with E-state index in [1.807, 2.05) is 48.5 Å². The molecule has 25 heavy (non-hydrogen) atoms. The van der Waals surface area contributed by atoms with Gasteiger partial charge in [-0.25, -0.2) is 0 Å². The second-order valence-electron chi connectivity index (χ2n) is 6.65. The number of hydrogen-bond donors (Lipinski definition) is 2. The van der Waals surface area contributed by atoms with Crippen molar-refractivity contribution in [1.82, 2.24) is 5.32 Å². The number of nitrogens with two attached hydrogens (primary N) is 1. The van der Waals surface area contributed by atoms with Gasteiger partial charge < -0.3 is 15.8 Å². The molecule has 0 saturated carbocycles. The first-order chi connectivity index (χ1) is 12.2. The number of carbonyl (C=O) groups excluding carboxylic acids is 1. The second kappa shape index (κ2) is 8.79. The van der Waals surface area contributed by atoms with Crippen molar-refractivity contribution in [2.24, 2.45) is 11.7 Å². The van der Waals surface area contributed by atoms with Crippen LogP contribution in [0.4, 0.5) is 0 Å². The quantitative estimate of drug-likeness (QED) is 0.851. The van der Waals surface area contributed by atoms with E-state index in [2.05, 4.69) is 17.4 Å². The lowest BCUT2D eigenvalue weighted by Crippen LogP contribution is -2.44. The van der Waals surface area contributed by atoms with Crippen LogP contribution in [0.2, 0.25) is 0 Å².